The van der Waals surface area contributed by atoms with Crippen LogP contribution in [0.3, 0.4) is 0 Å². The summed E-state index contributed by atoms with van der Waals surface area (Å²) in [5, 5.41) is 12.5. The minimum atomic E-state index is -0.351. The van der Waals surface area contributed by atoms with Gasteiger partial charge in [-0.25, -0.2) is 0 Å². The first-order valence-corrected chi connectivity index (χ1v) is 9.36. The number of hydrogen-bond acceptors (Lipinski definition) is 4. The molecule has 0 saturated heterocycles. The van der Waals surface area contributed by atoms with Gasteiger partial charge in [0.15, 0.2) is 0 Å². The number of amides is 1. The number of aryl methyl sites for hydroxylation is 1. The lowest BCUT2D eigenvalue weighted by molar-refractivity contribution is 0.102. The first kappa shape index (κ1) is 19.5. The molecule has 0 bridgehead atoms. The Morgan fingerprint density at radius 2 is 1.93 bits per heavy atom. The molecule has 28 heavy (non-hydrogen) atoms. The van der Waals surface area contributed by atoms with E-state index in [1.54, 1.807) is 23.9 Å². The van der Waals surface area contributed by atoms with Crippen LogP contribution in [-0.4, -0.2) is 28.5 Å². The van der Waals surface area contributed by atoms with Crippen molar-refractivity contribution in [3.05, 3.63) is 71.2 Å². The van der Waals surface area contributed by atoms with Crippen LogP contribution >= 0.6 is 0 Å². The predicted molar refractivity (Wildman–Crippen MR) is 109 cm³/mol. The maximum atomic E-state index is 12.9. The molecule has 1 aromatic carbocycles. The molecular formula is C22H24N4O2. The van der Waals surface area contributed by atoms with Gasteiger partial charge in [0.05, 0.1) is 0 Å². The summed E-state index contributed by atoms with van der Waals surface area (Å²) < 4.78 is 7.41. The second-order valence-corrected chi connectivity index (χ2v) is 6.53. The highest BCUT2D eigenvalue weighted by atomic mass is 16.4. The monoisotopic (exact) mass is 376 g/mol. The number of nitrogens with zero attached hydrogens (tertiary/aromatic N) is 3. The SMILES string of the molecule is CCN(CC)Cc1cccc(NC(=O)c2c(C)oc(-n3cccc3)c2C#N)c1. The van der Waals surface area contributed by atoms with Crippen LogP contribution in [0.1, 0.15) is 41.1 Å². The third kappa shape index (κ3) is 4.00. The normalized spacial score (nSPS) is 10.8. The maximum absolute atomic E-state index is 12.9. The molecule has 1 N–H and O–H groups in total. The Hall–Kier alpha value is -3.30. The van der Waals surface area contributed by atoms with Gasteiger partial charge in [-0.3, -0.25) is 14.3 Å². The van der Waals surface area contributed by atoms with Crippen molar-refractivity contribution in [2.24, 2.45) is 0 Å². The molecule has 0 aliphatic carbocycles. The van der Waals surface area contributed by atoms with Gasteiger partial charge in [-0.15, -0.1) is 0 Å². The number of nitrogens with one attached hydrogen (secondary N) is 1. The number of anilines is 1. The number of rotatable bonds is 7. The van der Waals surface area contributed by atoms with Gasteiger partial charge in [-0.2, -0.15) is 5.26 Å². The van der Waals surface area contributed by atoms with E-state index >= 15 is 0 Å². The van der Waals surface area contributed by atoms with E-state index in [-0.39, 0.29) is 17.0 Å². The van der Waals surface area contributed by atoms with Gasteiger partial charge in [0.25, 0.3) is 5.91 Å². The molecule has 0 radical (unpaired) electrons. The van der Waals surface area contributed by atoms with Crippen molar-refractivity contribution >= 4 is 11.6 Å². The third-order valence-electron chi connectivity index (χ3n) is 4.73. The van der Waals surface area contributed by atoms with Gasteiger partial charge in [-0.1, -0.05) is 26.0 Å². The highest BCUT2D eigenvalue weighted by Crippen LogP contribution is 2.26. The summed E-state index contributed by atoms with van der Waals surface area (Å²) in [4.78, 5) is 15.2. The molecule has 0 unspecified atom stereocenters. The van der Waals surface area contributed by atoms with E-state index in [1.807, 2.05) is 36.4 Å². The lowest BCUT2D eigenvalue weighted by atomic mass is 10.1. The summed E-state index contributed by atoms with van der Waals surface area (Å²) in [6, 6.07) is 13.6. The molecule has 6 heteroatoms. The minimum Gasteiger partial charge on any atom is -0.443 e. The smallest absolute Gasteiger partial charge is 0.260 e. The van der Waals surface area contributed by atoms with Crippen LogP contribution in [0, 0.1) is 18.3 Å². The molecule has 0 aliphatic rings. The average molecular weight is 376 g/mol. The fraction of sp³-hybridized carbons (Fsp3) is 0.273. The van der Waals surface area contributed by atoms with Gasteiger partial charge < -0.3 is 9.73 Å². The van der Waals surface area contributed by atoms with Gasteiger partial charge in [0.1, 0.15) is 23.0 Å². The van der Waals surface area contributed by atoms with Crippen LogP contribution in [0.4, 0.5) is 5.69 Å². The zero-order chi connectivity index (χ0) is 20.1. The maximum Gasteiger partial charge on any atom is 0.260 e. The fourth-order valence-corrected chi connectivity index (χ4v) is 3.21. The zero-order valence-corrected chi connectivity index (χ0v) is 16.4. The van der Waals surface area contributed by atoms with Gasteiger partial charge >= 0.3 is 0 Å². The van der Waals surface area contributed by atoms with Crippen molar-refractivity contribution in [3.63, 3.8) is 0 Å². The van der Waals surface area contributed by atoms with Crippen LogP contribution in [0.25, 0.3) is 5.88 Å². The van der Waals surface area contributed by atoms with E-state index in [9.17, 15) is 10.1 Å². The third-order valence-corrected chi connectivity index (χ3v) is 4.73. The first-order valence-electron chi connectivity index (χ1n) is 9.36. The Balaban J connectivity index is 1.85. The average Bonchev–Trinajstić information content (AvgIpc) is 3.33. The number of benzene rings is 1. The van der Waals surface area contributed by atoms with Crippen molar-refractivity contribution in [2.45, 2.75) is 27.3 Å². The molecule has 0 spiro atoms. The number of furan rings is 1. The summed E-state index contributed by atoms with van der Waals surface area (Å²) in [5.74, 6) is 0.415. The standard InChI is InChI=1S/C22H24N4O2/c1-4-25(5-2)15-17-9-8-10-18(13-17)24-21(27)20-16(3)28-22(19(20)14-23)26-11-6-7-12-26/h6-13H,4-5,15H2,1-3H3,(H,24,27). The summed E-state index contributed by atoms with van der Waals surface area (Å²) in [5.41, 5.74) is 2.31. The molecule has 1 amide bonds. The Bertz CT molecular complexity index is 992. The highest BCUT2D eigenvalue weighted by molar-refractivity contribution is 6.07. The van der Waals surface area contributed by atoms with Crippen molar-refractivity contribution in [1.82, 2.24) is 9.47 Å². The van der Waals surface area contributed by atoms with Gasteiger partial charge in [-0.05, 0) is 49.8 Å². The van der Waals surface area contributed by atoms with Crippen molar-refractivity contribution in [3.8, 4) is 12.0 Å². The largest absolute Gasteiger partial charge is 0.443 e. The molecule has 2 aromatic heterocycles. The van der Waals surface area contributed by atoms with E-state index < -0.39 is 0 Å². The lowest BCUT2D eigenvalue weighted by Gasteiger charge is -2.18. The van der Waals surface area contributed by atoms with Crippen LogP contribution in [0.2, 0.25) is 0 Å². The topological polar surface area (TPSA) is 74.2 Å². The van der Waals surface area contributed by atoms with Crippen molar-refractivity contribution in [1.29, 1.82) is 5.26 Å². The van der Waals surface area contributed by atoms with E-state index in [0.717, 1.165) is 25.2 Å². The molecule has 0 saturated carbocycles. The molecule has 0 atom stereocenters. The van der Waals surface area contributed by atoms with E-state index in [4.69, 9.17) is 4.42 Å². The summed E-state index contributed by atoms with van der Waals surface area (Å²) in [6.45, 7) is 8.71. The molecule has 3 rings (SSSR count). The quantitative estimate of drug-likeness (QED) is 0.665. The Morgan fingerprint density at radius 1 is 1.21 bits per heavy atom. The van der Waals surface area contributed by atoms with Crippen LogP contribution < -0.4 is 5.32 Å². The molecule has 2 heterocycles. The van der Waals surface area contributed by atoms with E-state index in [2.05, 4.69) is 30.1 Å². The number of carbonyl (C=O) groups is 1. The molecule has 6 nitrogen and oxygen atoms in total. The Labute approximate surface area is 165 Å². The van der Waals surface area contributed by atoms with E-state index in [1.165, 1.54) is 0 Å². The highest BCUT2D eigenvalue weighted by Gasteiger charge is 2.24. The Morgan fingerprint density at radius 3 is 2.57 bits per heavy atom. The number of carbonyl (C=O) groups excluding carboxylic acids is 1. The molecular weight excluding hydrogens is 352 g/mol. The number of nitriles is 1. The first-order chi connectivity index (χ1) is 13.6. The Kier molecular flexibility index (Phi) is 5.97. The molecule has 0 fully saturated rings. The van der Waals surface area contributed by atoms with Crippen molar-refractivity contribution in [2.75, 3.05) is 18.4 Å². The fourth-order valence-electron chi connectivity index (χ4n) is 3.21. The predicted octanol–water partition coefficient (Wildman–Crippen LogP) is 4.34. The summed E-state index contributed by atoms with van der Waals surface area (Å²) >= 11 is 0. The summed E-state index contributed by atoms with van der Waals surface area (Å²) in [7, 11) is 0. The van der Waals surface area contributed by atoms with Gasteiger partial charge in [0, 0.05) is 24.6 Å². The second-order valence-electron chi connectivity index (χ2n) is 6.53. The minimum absolute atomic E-state index is 0.227. The van der Waals surface area contributed by atoms with Crippen LogP contribution in [0.15, 0.2) is 53.2 Å². The zero-order valence-electron chi connectivity index (χ0n) is 16.4. The molecule has 144 valence electrons. The summed E-state index contributed by atoms with van der Waals surface area (Å²) in [6.07, 6.45) is 3.55. The van der Waals surface area contributed by atoms with Crippen LogP contribution in [0.5, 0.6) is 0 Å². The lowest BCUT2D eigenvalue weighted by Crippen LogP contribution is -2.22. The van der Waals surface area contributed by atoms with Crippen LogP contribution in [-0.2, 0) is 6.54 Å². The van der Waals surface area contributed by atoms with E-state index in [0.29, 0.717) is 17.3 Å². The molecule has 3 aromatic rings. The van der Waals surface area contributed by atoms with Crippen molar-refractivity contribution < 1.29 is 9.21 Å². The number of hydrogen-bond donors (Lipinski definition) is 1. The molecule has 0 aliphatic heterocycles. The van der Waals surface area contributed by atoms with Gasteiger partial charge in [0.2, 0.25) is 5.88 Å². The second kappa shape index (κ2) is 8.59. The number of aromatic nitrogens is 1.